The highest BCUT2D eigenvalue weighted by Crippen LogP contribution is 2.16. The Kier molecular flexibility index (Phi) is 5.30. The maximum absolute atomic E-state index is 13.2. The molecule has 1 atom stereocenters. The summed E-state index contributed by atoms with van der Waals surface area (Å²) in [6.45, 7) is 3.70. The fraction of sp³-hybridized carbons (Fsp3) is 0.385. The van der Waals surface area contributed by atoms with E-state index in [1.165, 1.54) is 12.1 Å². The van der Waals surface area contributed by atoms with Crippen molar-refractivity contribution in [3.8, 4) is 0 Å². The number of hydrogen-bond donors (Lipinski definition) is 2. The van der Waals surface area contributed by atoms with Gasteiger partial charge in [-0.3, -0.25) is 4.79 Å². The van der Waals surface area contributed by atoms with Gasteiger partial charge in [0, 0.05) is 5.56 Å². The van der Waals surface area contributed by atoms with Crippen LogP contribution in [-0.4, -0.2) is 23.0 Å². The molecule has 0 saturated carbocycles. The summed E-state index contributed by atoms with van der Waals surface area (Å²) in [5, 5.41) is 11.3. The smallest absolute Gasteiger partial charge is 0.326 e. The van der Waals surface area contributed by atoms with Crippen molar-refractivity contribution >= 4 is 23.5 Å². The van der Waals surface area contributed by atoms with Gasteiger partial charge in [-0.25, -0.2) is 9.18 Å². The minimum absolute atomic E-state index is 0.0388. The molecule has 0 aliphatic heterocycles. The van der Waals surface area contributed by atoms with Crippen LogP contribution in [0.25, 0.3) is 0 Å². The first-order chi connectivity index (χ1) is 8.81. The Balaban J connectivity index is 2.81. The number of halogens is 2. The van der Waals surface area contributed by atoms with Crippen molar-refractivity contribution in [1.82, 2.24) is 5.32 Å². The second-order valence-corrected chi connectivity index (χ2v) is 5.03. The number of carbonyl (C=O) groups is 2. The van der Waals surface area contributed by atoms with Crippen LogP contribution in [0.4, 0.5) is 4.39 Å². The summed E-state index contributed by atoms with van der Waals surface area (Å²) in [4.78, 5) is 22.8. The van der Waals surface area contributed by atoms with Crippen LogP contribution in [0.1, 0.15) is 30.6 Å². The molecular weight excluding hydrogens is 273 g/mol. The number of amides is 1. The first-order valence-corrected chi connectivity index (χ1v) is 6.17. The Morgan fingerprint density at radius 2 is 2.05 bits per heavy atom. The summed E-state index contributed by atoms with van der Waals surface area (Å²) in [6.07, 6.45) is 0.303. The van der Waals surface area contributed by atoms with E-state index in [-0.39, 0.29) is 16.5 Å². The summed E-state index contributed by atoms with van der Waals surface area (Å²) in [5.74, 6) is -2.35. The van der Waals surface area contributed by atoms with Crippen molar-refractivity contribution in [1.29, 1.82) is 0 Å². The van der Waals surface area contributed by atoms with Crippen molar-refractivity contribution < 1.29 is 19.1 Å². The number of carboxylic acid groups (broad SMARTS) is 1. The molecule has 1 amide bonds. The van der Waals surface area contributed by atoms with Crippen LogP contribution >= 0.6 is 11.6 Å². The van der Waals surface area contributed by atoms with Gasteiger partial charge in [-0.1, -0.05) is 25.4 Å². The van der Waals surface area contributed by atoms with Crippen LogP contribution in [0.15, 0.2) is 18.2 Å². The van der Waals surface area contributed by atoms with E-state index in [1.54, 1.807) is 0 Å². The summed E-state index contributed by atoms with van der Waals surface area (Å²) >= 11 is 5.51. The average molecular weight is 288 g/mol. The van der Waals surface area contributed by atoms with Crippen LogP contribution in [0.3, 0.4) is 0 Å². The standard InChI is InChI=1S/C13H15ClFNO3/c1-7(2)5-11(13(18)19)16-12(17)8-3-4-9(14)10(15)6-8/h3-4,6-7,11H,5H2,1-2H3,(H,16,17)(H,18,19)/t11-/m0/s1. The minimum Gasteiger partial charge on any atom is -0.480 e. The molecule has 104 valence electrons. The molecule has 1 aromatic rings. The fourth-order valence-corrected chi connectivity index (χ4v) is 1.69. The van der Waals surface area contributed by atoms with Crippen molar-refractivity contribution in [2.75, 3.05) is 0 Å². The predicted molar refractivity (Wildman–Crippen MR) is 69.8 cm³/mol. The Morgan fingerprint density at radius 1 is 1.42 bits per heavy atom. The highest BCUT2D eigenvalue weighted by Gasteiger charge is 2.22. The third-order valence-electron chi connectivity index (χ3n) is 2.49. The Hall–Kier alpha value is -1.62. The lowest BCUT2D eigenvalue weighted by Gasteiger charge is -2.16. The minimum atomic E-state index is -1.11. The van der Waals surface area contributed by atoms with Gasteiger partial charge in [-0.2, -0.15) is 0 Å². The lowest BCUT2D eigenvalue weighted by molar-refractivity contribution is -0.139. The molecule has 0 heterocycles. The molecular formula is C13H15ClFNO3. The van der Waals surface area contributed by atoms with Gasteiger partial charge in [0.25, 0.3) is 5.91 Å². The highest BCUT2D eigenvalue weighted by atomic mass is 35.5. The molecule has 4 nitrogen and oxygen atoms in total. The number of aliphatic carboxylic acids is 1. The van der Waals surface area contributed by atoms with E-state index in [9.17, 15) is 14.0 Å². The molecule has 0 radical (unpaired) electrons. The Labute approximate surface area is 115 Å². The van der Waals surface area contributed by atoms with E-state index in [4.69, 9.17) is 16.7 Å². The van der Waals surface area contributed by atoms with E-state index in [2.05, 4.69) is 5.32 Å². The zero-order valence-electron chi connectivity index (χ0n) is 10.6. The SMILES string of the molecule is CC(C)C[C@H](NC(=O)c1ccc(Cl)c(F)c1)C(=O)O. The number of carbonyl (C=O) groups excluding carboxylic acids is 1. The number of benzene rings is 1. The molecule has 0 spiro atoms. The molecule has 2 N–H and O–H groups in total. The third kappa shape index (κ3) is 4.52. The van der Waals surface area contributed by atoms with Crippen LogP contribution in [-0.2, 0) is 4.79 Å². The molecule has 0 aromatic heterocycles. The molecule has 19 heavy (non-hydrogen) atoms. The first kappa shape index (κ1) is 15.4. The molecule has 1 rings (SSSR count). The van der Waals surface area contributed by atoms with E-state index in [1.807, 2.05) is 13.8 Å². The molecule has 6 heteroatoms. The topological polar surface area (TPSA) is 66.4 Å². The molecule has 0 aliphatic carbocycles. The average Bonchev–Trinajstić information content (AvgIpc) is 2.31. The Morgan fingerprint density at radius 3 is 2.53 bits per heavy atom. The molecule has 0 unspecified atom stereocenters. The maximum atomic E-state index is 13.2. The predicted octanol–water partition coefficient (Wildman–Crippen LogP) is 2.71. The fourth-order valence-electron chi connectivity index (χ4n) is 1.57. The quantitative estimate of drug-likeness (QED) is 0.875. The Bertz CT molecular complexity index is 491. The zero-order valence-corrected chi connectivity index (χ0v) is 11.4. The largest absolute Gasteiger partial charge is 0.480 e. The normalized spacial score (nSPS) is 12.3. The van der Waals surface area contributed by atoms with Gasteiger partial charge in [-0.15, -0.1) is 0 Å². The van der Waals surface area contributed by atoms with Gasteiger partial charge in [0.2, 0.25) is 0 Å². The molecule has 0 bridgehead atoms. The monoisotopic (exact) mass is 287 g/mol. The van der Waals surface area contributed by atoms with Crippen LogP contribution in [0.5, 0.6) is 0 Å². The van der Waals surface area contributed by atoms with Gasteiger partial charge >= 0.3 is 5.97 Å². The van der Waals surface area contributed by atoms with Crippen molar-refractivity contribution in [3.05, 3.63) is 34.6 Å². The number of hydrogen-bond acceptors (Lipinski definition) is 2. The van der Waals surface area contributed by atoms with Crippen LogP contribution in [0.2, 0.25) is 5.02 Å². The van der Waals surface area contributed by atoms with Gasteiger partial charge in [0.1, 0.15) is 11.9 Å². The highest BCUT2D eigenvalue weighted by molar-refractivity contribution is 6.30. The first-order valence-electron chi connectivity index (χ1n) is 5.80. The lowest BCUT2D eigenvalue weighted by atomic mass is 10.0. The summed E-state index contributed by atoms with van der Waals surface area (Å²) in [7, 11) is 0. The van der Waals surface area contributed by atoms with Crippen molar-refractivity contribution in [3.63, 3.8) is 0 Å². The maximum Gasteiger partial charge on any atom is 0.326 e. The van der Waals surface area contributed by atoms with Crippen LogP contribution in [0, 0.1) is 11.7 Å². The van der Waals surface area contributed by atoms with E-state index in [0.717, 1.165) is 6.07 Å². The molecule has 0 aliphatic rings. The number of rotatable bonds is 5. The molecule has 1 aromatic carbocycles. The lowest BCUT2D eigenvalue weighted by Crippen LogP contribution is -2.41. The third-order valence-corrected chi connectivity index (χ3v) is 2.80. The van der Waals surface area contributed by atoms with Gasteiger partial charge in [0.15, 0.2) is 0 Å². The second-order valence-electron chi connectivity index (χ2n) is 4.62. The van der Waals surface area contributed by atoms with Gasteiger partial charge < -0.3 is 10.4 Å². The van der Waals surface area contributed by atoms with Crippen molar-refractivity contribution in [2.24, 2.45) is 5.92 Å². The number of nitrogens with one attached hydrogen (secondary N) is 1. The van der Waals surface area contributed by atoms with E-state index >= 15 is 0 Å². The molecule has 0 fully saturated rings. The second kappa shape index (κ2) is 6.52. The summed E-state index contributed by atoms with van der Waals surface area (Å²) in [6, 6.07) is 2.58. The molecule has 0 saturated heterocycles. The van der Waals surface area contributed by atoms with Crippen LogP contribution < -0.4 is 5.32 Å². The van der Waals surface area contributed by atoms with Crippen molar-refractivity contribution in [2.45, 2.75) is 26.3 Å². The zero-order chi connectivity index (χ0) is 14.6. The van der Waals surface area contributed by atoms with Gasteiger partial charge in [0.05, 0.1) is 5.02 Å². The summed E-state index contributed by atoms with van der Waals surface area (Å²) in [5.41, 5.74) is 0.0388. The van der Waals surface area contributed by atoms with Gasteiger partial charge in [-0.05, 0) is 30.5 Å². The van der Waals surface area contributed by atoms with E-state index < -0.39 is 23.7 Å². The van der Waals surface area contributed by atoms with E-state index in [0.29, 0.717) is 6.42 Å². The summed E-state index contributed by atoms with van der Waals surface area (Å²) < 4.78 is 13.2. The number of carboxylic acids is 1.